The van der Waals surface area contributed by atoms with Crippen LogP contribution in [0.3, 0.4) is 0 Å². The third-order valence-corrected chi connectivity index (χ3v) is 3.56. The predicted octanol–water partition coefficient (Wildman–Crippen LogP) is 0.970. The lowest BCUT2D eigenvalue weighted by atomic mass is 9.98. The van der Waals surface area contributed by atoms with Crippen molar-refractivity contribution >= 4 is 10.0 Å². The van der Waals surface area contributed by atoms with Crippen LogP contribution in [0.5, 0.6) is 0 Å². The standard InChI is InChI=1S/C8H17NO2S/c1-6-4-5-8(7(6)2)9-12(3,10)11/h6-9H,4-5H2,1-3H3. The van der Waals surface area contributed by atoms with Crippen LogP contribution < -0.4 is 4.72 Å². The monoisotopic (exact) mass is 191 g/mol. The highest BCUT2D eigenvalue weighted by atomic mass is 32.2. The Morgan fingerprint density at radius 1 is 1.25 bits per heavy atom. The second-order valence-electron chi connectivity index (χ2n) is 3.91. The topological polar surface area (TPSA) is 46.2 Å². The Bertz CT molecular complexity index is 248. The van der Waals surface area contributed by atoms with Gasteiger partial charge in [0.05, 0.1) is 6.26 Å². The molecule has 1 N–H and O–H groups in total. The second-order valence-corrected chi connectivity index (χ2v) is 5.69. The van der Waals surface area contributed by atoms with Crippen molar-refractivity contribution in [2.75, 3.05) is 6.26 Å². The van der Waals surface area contributed by atoms with Crippen LogP contribution in [0.4, 0.5) is 0 Å². The molecule has 3 nitrogen and oxygen atoms in total. The summed E-state index contributed by atoms with van der Waals surface area (Å²) in [6.07, 6.45) is 3.34. The molecule has 0 heterocycles. The van der Waals surface area contributed by atoms with Crippen molar-refractivity contribution in [3.05, 3.63) is 0 Å². The normalized spacial score (nSPS) is 37.1. The summed E-state index contributed by atoms with van der Waals surface area (Å²) in [5.74, 6) is 1.11. The number of rotatable bonds is 2. The average molecular weight is 191 g/mol. The number of nitrogens with one attached hydrogen (secondary N) is 1. The highest BCUT2D eigenvalue weighted by Gasteiger charge is 2.31. The third kappa shape index (κ3) is 2.45. The van der Waals surface area contributed by atoms with E-state index in [4.69, 9.17) is 0 Å². The van der Waals surface area contributed by atoms with Gasteiger partial charge in [-0.05, 0) is 24.7 Å². The lowest BCUT2D eigenvalue weighted by Gasteiger charge is -2.17. The molecular formula is C8H17NO2S. The molecule has 1 saturated carbocycles. The smallest absolute Gasteiger partial charge is 0.208 e. The van der Waals surface area contributed by atoms with Crippen LogP contribution in [0.15, 0.2) is 0 Å². The number of sulfonamides is 1. The molecular weight excluding hydrogens is 174 g/mol. The molecule has 1 aliphatic rings. The number of hydrogen-bond donors (Lipinski definition) is 1. The molecule has 0 aromatic rings. The second kappa shape index (κ2) is 3.34. The molecule has 0 radical (unpaired) electrons. The minimum Gasteiger partial charge on any atom is -0.213 e. The van der Waals surface area contributed by atoms with E-state index >= 15 is 0 Å². The summed E-state index contributed by atoms with van der Waals surface area (Å²) in [6, 6.07) is 0.162. The van der Waals surface area contributed by atoms with E-state index in [-0.39, 0.29) is 6.04 Å². The first-order chi connectivity index (χ1) is 5.40. The molecule has 3 unspecified atom stereocenters. The first kappa shape index (κ1) is 9.99. The Hall–Kier alpha value is -0.0900. The van der Waals surface area contributed by atoms with E-state index in [0.717, 1.165) is 12.8 Å². The summed E-state index contributed by atoms with van der Waals surface area (Å²) in [7, 11) is -3.01. The summed E-state index contributed by atoms with van der Waals surface area (Å²) >= 11 is 0. The fourth-order valence-corrected chi connectivity index (χ4v) is 2.69. The van der Waals surface area contributed by atoms with Crippen LogP contribution in [0.1, 0.15) is 26.7 Å². The molecule has 0 aliphatic heterocycles. The highest BCUT2D eigenvalue weighted by Crippen LogP contribution is 2.31. The molecule has 0 amide bonds. The van der Waals surface area contributed by atoms with Gasteiger partial charge in [-0.1, -0.05) is 13.8 Å². The van der Waals surface area contributed by atoms with Crippen LogP contribution in [0.2, 0.25) is 0 Å². The van der Waals surface area contributed by atoms with Crippen LogP contribution in [-0.4, -0.2) is 20.7 Å². The van der Waals surface area contributed by atoms with Crippen molar-refractivity contribution in [3.8, 4) is 0 Å². The molecule has 3 atom stereocenters. The molecule has 0 spiro atoms. The van der Waals surface area contributed by atoms with Gasteiger partial charge in [-0.3, -0.25) is 0 Å². The van der Waals surface area contributed by atoms with Gasteiger partial charge >= 0.3 is 0 Å². The SMILES string of the molecule is CC1CCC(NS(C)(=O)=O)C1C. The van der Waals surface area contributed by atoms with Gasteiger partial charge in [0.15, 0.2) is 0 Å². The van der Waals surface area contributed by atoms with E-state index in [2.05, 4.69) is 18.6 Å². The first-order valence-corrected chi connectivity index (χ1v) is 6.26. The van der Waals surface area contributed by atoms with E-state index in [1.54, 1.807) is 0 Å². The molecule has 12 heavy (non-hydrogen) atoms. The summed E-state index contributed by atoms with van der Waals surface area (Å²) in [4.78, 5) is 0. The van der Waals surface area contributed by atoms with E-state index in [0.29, 0.717) is 11.8 Å². The predicted molar refractivity (Wildman–Crippen MR) is 49.3 cm³/mol. The van der Waals surface area contributed by atoms with Gasteiger partial charge in [-0.25, -0.2) is 13.1 Å². The molecule has 0 aromatic heterocycles. The maximum Gasteiger partial charge on any atom is 0.208 e. The minimum absolute atomic E-state index is 0.162. The van der Waals surface area contributed by atoms with Crippen molar-refractivity contribution in [3.63, 3.8) is 0 Å². The van der Waals surface area contributed by atoms with Gasteiger partial charge in [0.25, 0.3) is 0 Å². The zero-order valence-electron chi connectivity index (χ0n) is 7.87. The van der Waals surface area contributed by atoms with Gasteiger partial charge in [0, 0.05) is 6.04 Å². The first-order valence-electron chi connectivity index (χ1n) is 4.37. The van der Waals surface area contributed by atoms with Crippen LogP contribution in [0, 0.1) is 11.8 Å². The van der Waals surface area contributed by atoms with Crippen molar-refractivity contribution in [1.29, 1.82) is 0 Å². The summed E-state index contributed by atoms with van der Waals surface area (Å²) in [5, 5.41) is 0. The maximum atomic E-state index is 10.9. The summed E-state index contributed by atoms with van der Waals surface area (Å²) in [6.45, 7) is 4.29. The lowest BCUT2D eigenvalue weighted by molar-refractivity contribution is 0.403. The Balaban J connectivity index is 2.56. The van der Waals surface area contributed by atoms with Gasteiger partial charge < -0.3 is 0 Å². The zero-order chi connectivity index (χ0) is 9.35. The minimum atomic E-state index is -3.01. The van der Waals surface area contributed by atoms with Gasteiger partial charge in [0.1, 0.15) is 0 Å². The van der Waals surface area contributed by atoms with E-state index in [1.807, 2.05) is 0 Å². The van der Waals surface area contributed by atoms with Crippen molar-refractivity contribution in [2.45, 2.75) is 32.7 Å². The summed E-state index contributed by atoms with van der Waals surface area (Å²) < 4.78 is 24.5. The molecule has 0 aromatic carbocycles. The quantitative estimate of drug-likeness (QED) is 0.707. The van der Waals surface area contributed by atoms with Crippen LogP contribution in [0.25, 0.3) is 0 Å². The fraction of sp³-hybridized carbons (Fsp3) is 1.00. The Labute approximate surface area is 74.6 Å². The molecule has 72 valence electrons. The van der Waals surface area contributed by atoms with E-state index in [9.17, 15) is 8.42 Å². The Kier molecular flexibility index (Phi) is 2.78. The van der Waals surface area contributed by atoms with E-state index < -0.39 is 10.0 Å². The van der Waals surface area contributed by atoms with Crippen LogP contribution >= 0.6 is 0 Å². The van der Waals surface area contributed by atoms with Gasteiger partial charge in [0.2, 0.25) is 10.0 Å². The van der Waals surface area contributed by atoms with Crippen LogP contribution in [-0.2, 0) is 10.0 Å². The van der Waals surface area contributed by atoms with Gasteiger partial charge in [-0.15, -0.1) is 0 Å². The molecule has 0 saturated heterocycles. The van der Waals surface area contributed by atoms with Crippen molar-refractivity contribution < 1.29 is 8.42 Å². The molecule has 1 rings (SSSR count). The molecule has 1 fully saturated rings. The fourth-order valence-electron chi connectivity index (χ4n) is 1.81. The van der Waals surface area contributed by atoms with Gasteiger partial charge in [-0.2, -0.15) is 0 Å². The zero-order valence-corrected chi connectivity index (χ0v) is 8.69. The van der Waals surface area contributed by atoms with Crippen molar-refractivity contribution in [2.24, 2.45) is 11.8 Å². The highest BCUT2D eigenvalue weighted by molar-refractivity contribution is 7.88. The Morgan fingerprint density at radius 3 is 2.17 bits per heavy atom. The van der Waals surface area contributed by atoms with Crippen molar-refractivity contribution in [1.82, 2.24) is 4.72 Å². The lowest BCUT2D eigenvalue weighted by Crippen LogP contribution is -2.36. The molecule has 1 aliphatic carbocycles. The number of hydrogen-bond acceptors (Lipinski definition) is 2. The summed E-state index contributed by atoms with van der Waals surface area (Å²) in [5.41, 5.74) is 0. The molecule has 4 heteroatoms. The molecule has 0 bridgehead atoms. The maximum absolute atomic E-state index is 10.9. The largest absolute Gasteiger partial charge is 0.213 e. The average Bonchev–Trinajstić information content (AvgIpc) is 2.16. The Morgan fingerprint density at radius 2 is 1.83 bits per heavy atom. The van der Waals surface area contributed by atoms with E-state index in [1.165, 1.54) is 6.26 Å². The third-order valence-electron chi connectivity index (χ3n) is 2.83.